The van der Waals surface area contributed by atoms with Crippen molar-refractivity contribution in [2.24, 2.45) is 10.7 Å². The standard InChI is InChI=1S/C21H22F3N5O3/c1-11-6-17(31-2)18(32-3)10-16(11)28-21(27-5-4-25)29-20(30)15(26)9-12-7-13(22)19(24)14(23)8-12/h4-8,10,26H,9,25H2,1-3H3,(H2,27,28,29,30)/b5-4+,26-15?. The Labute approximate surface area is 182 Å². The smallest absolute Gasteiger partial charge is 0.271 e. The van der Waals surface area contributed by atoms with Crippen molar-refractivity contribution in [3.63, 3.8) is 0 Å². The number of ether oxygens (including phenoxy) is 2. The quantitative estimate of drug-likeness (QED) is 0.294. The van der Waals surface area contributed by atoms with Gasteiger partial charge >= 0.3 is 0 Å². The molecule has 0 radical (unpaired) electrons. The number of benzene rings is 2. The second-order valence-corrected chi connectivity index (χ2v) is 6.45. The summed E-state index contributed by atoms with van der Waals surface area (Å²) in [6.45, 7) is 1.78. The fourth-order valence-corrected chi connectivity index (χ4v) is 2.63. The van der Waals surface area contributed by atoms with Gasteiger partial charge in [0.2, 0.25) is 5.96 Å². The fraction of sp³-hybridized carbons (Fsp3) is 0.190. The lowest BCUT2D eigenvalue weighted by molar-refractivity contribution is -0.113. The number of methoxy groups -OCH3 is 2. The molecule has 0 aliphatic carbocycles. The molecule has 0 atom stereocenters. The number of nitrogens with two attached hydrogens (primary N) is 1. The molecular formula is C21H22F3N5O3. The number of hydrogen-bond donors (Lipinski definition) is 4. The molecule has 170 valence electrons. The van der Waals surface area contributed by atoms with Gasteiger partial charge in [0.1, 0.15) is 5.71 Å². The van der Waals surface area contributed by atoms with Crippen LogP contribution in [0.3, 0.4) is 0 Å². The first kappa shape index (κ1) is 24.3. The average molecular weight is 449 g/mol. The van der Waals surface area contributed by atoms with E-state index in [9.17, 15) is 18.0 Å². The Morgan fingerprint density at radius 3 is 2.28 bits per heavy atom. The highest BCUT2D eigenvalue weighted by Gasteiger charge is 2.17. The van der Waals surface area contributed by atoms with Crippen molar-refractivity contribution in [2.75, 3.05) is 19.5 Å². The minimum absolute atomic E-state index is 0.0757. The van der Waals surface area contributed by atoms with Gasteiger partial charge in [-0.2, -0.15) is 0 Å². The van der Waals surface area contributed by atoms with Crippen molar-refractivity contribution in [3.05, 3.63) is 65.2 Å². The van der Waals surface area contributed by atoms with Crippen LogP contribution in [0.15, 0.2) is 41.7 Å². The number of guanidine groups is 1. The molecule has 0 aliphatic rings. The Hall–Kier alpha value is -4.02. The number of halogens is 3. The molecule has 1 amide bonds. The average Bonchev–Trinajstić information content (AvgIpc) is 2.76. The zero-order valence-corrected chi connectivity index (χ0v) is 17.6. The molecular weight excluding hydrogens is 427 g/mol. The SMILES string of the molecule is COc1cc(C)c(NC(=N/C=C/N)NC(=O)C(=N)Cc2cc(F)c(F)c(F)c2)cc1OC. The third-order valence-electron chi connectivity index (χ3n) is 4.20. The van der Waals surface area contributed by atoms with Crippen LogP contribution in [0.1, 0.15) is 11.1 Å². The topological polar surface area (TPSA) is 122 Å². The fourth-order valence-electron chi connectivity index (χ4n) is 2.63. The molecule has 11 heteroatoms. The number of aliphatic imine (C=N–C) groups is 1. The van der Waals surface area contributed by atoms with Crippen LogP contribution in [-0.2, 0) is 11.2 Å². The van der Waals surface area contributed by atoms with E-state index in [2.05, 4.69) is 15.6 Å². The lowest BCUT2D eigenvalue weighted by atomic mass is 10.1. The number of hydrogen-bond acceptors (Lipinski definition) is 6. The lowest BCUT2D eigenvalue weighted by Gasteiger charge is -2.16. The van der Waals surface area contributed by atoms with Crippen molar-refractivity contribution >= 4 is 23.3 Å². The van der Waals surface area contributed by atoms with Crippen LogP contribution in [0.2, 0.25) is 0 Å². The summed E-state index contributed by atoms with van der Waals surface area (Å²) in [5.41, 5.74) is 5.94. The Morgan fingerprint density at radius 1 is 1.12 bits per heavy atom. The van der Waals surface area contributed by atoms with E-state index in [4.69, 9.17) is 20.6 Å². The minimum atomic E-state index is -1.62. The maximum atomic E-state index is 13.4. The zero-order valence-electron chi connectivity index (χ0n) is 17.6. The Kier molecular flexibility index (Phi) is 8.22. The molecule has 2 aromatic carbocycles. The van der Waals surface area contributed by atoms with Crippen molar-refractivity contribution in [3.8, 4) is 11.5 Å². The van der Waals surface area contributed by atoms with Crippen LogP contribution < -0.4 is 25.8 Å². The van der Waals surface area contributed by atoms with Gasteiger partial charge < -0.3 is 20.5 Å². The van der Waals surface area contributed by atoms with Gasteiger partial charge in [-0.25, -0.2) is 18.2 Å². The van der Waals surface area contributed by atoms with Crippen molar-refractivity contribution in [1.82, 2.24) is 5.32 Å². The first-order valence-electron chi connectivity index (χ1n) is 9.16. The monoisotopic (exact) mass is 449 g/mol. The van der Waals surface area contributed by atoms with Crippen LogP contribution in [0.4, 0.5) is 18.9 Å². The third-order valence-corrected chi connectivity index (χ3v) is 4.20. The molecule has 2 rings (SSSR count). The molecule has 8 nitrogen and oxygen atoms in total. The highest BCUT2D eigenvalue weighted by Crippen LogP contribution is 2.32. The highest BCUT2D eigenvalue weighted by atomic mass is 19.2. The van der Waals surface area contributed by atoms with E-state index < -0.39 is 35.5 Å². The number of amides is 1. The van der Waals surface area contributed by atoms with Gasteiger partial charge in [-0.15, -0.1) is 0 Å². The molecule has 0 unspecified atom stereocenters. The maximum Gasteiger partial charge on any atom is 0.271 e. The van der Waals surface area contributed by atoms with Gasteiger partial charge in [0.25, 0.3) is 5.91 Å². The molecule has 0 bridgehead atoms. The highest BCUT2D eigenvalue weighted by molar-refractivity contribution is 6.41. The van der Waals surface area contributed by atoms with Gasteiger partial charge in [0.05, 0.1) is 14.2 Å². The molecule has 0 heterocycles. The molecule has 0 saturated heterocycles. The van der Waals surface area contributed by atoms with Crippen LogP contribution in [-0.4, -0.2) is 31.8 Å². The van der Waals surface area contributed by atoms with Crippen molar-refractivity contribution < 1.29 is 27.4 Å². The first-order chi connectivity index (χ1) is 15.2. The summed E-state index contributed by atoms with van der Waals surface area (Å²) >= 11 is 0. The summed E-state index contributed by atoms with van der Waals surface area (Å²) in [5.74, 6) is -4.49. The zero-order chi connectivity index (χ0) is 23.8. The van der Waals surface area contributed by atoms with Crippen LogP contribution >= 0.6 is 0 Å². The number of nitrogens with one attached hydrogen (secondary N) is 3. The van der Waals surface area contributed by atoms with Crippen LogP contribution in [0.5, 0.6) is 11.5 Å². The van der Waals surface area contributed by atoms with Gasteiger partial charge in [-0.1, -0.05) is 0 Å². The summed E-state index contributed by atoms with van der Waals surface area (Å²) < 4.78 is 50.4. The minimum Gasteiger partial charge on any atom is -0.493 e. The van der Waals surface area contributed by atoms with Crippen molar-refractivity contribution in [2.45, 2.75) is 13.3 Å². The number of carbonyl (C=O) groups is 1. The van der Waals surface area contributed by atoms with E-state index in [0.29, 0.717) is 17.2 Å². The third kappa shape index (κ3) is 6.00. The predicted molar refractivity (Wildman–Crippen MR) is 115 cm³/mol. The van der Waals surface area contributed by atoms with Gasteiger partial charge in [-0.05, 0) is 36.2 Å². The van der Waals surface area contributed by atoms with E-state index >= 15 is 0 Å². The maximum absolute atomic E-state index is 13.4. The van der Waals surface area contributed by atoms with Crippen molar-refractivity contribution in [1.29, 1.82) is 5.41 Å². The molecule has 32 heavy (non-hydrogen) atoms. The summed E-state index contributed by atoms with van der Waals surface area (Å²) in [5, 5.41) is 13.2. The second-order valence-electron chi connectivity index (χ2n) is 6.45. The lowest BCUT2D eigenvalue weighted by Crippen LogP contribution is -2.40. The van der Waals surface area contributed by atoms with E-state index in [-0.39, 0.29) is 11.5 Å². The summed E-state index contributed by atoms with van der Waals surface area (Å²) in [6, 6.07) is 4.77. The number of carbonyl (C=O) groups excluding carboxylic acids is 1. The molecule has 2 aromatic rings. The number of rotatable bonds is 7. The molecule has 0 spiro atoms. The van der Waals surface area contributed by atoms with Gasteiger partial charge in [0.15, 0.2) is 29.0 Å². The van der Waals surface area contributed by atoms with Gasteiger partial charge in [-0.3, -0.25) is 15.5 Å². The molecule has 0 aromatic heterocycles. The molecule has 5 N–H and O–H groups in total. The Bertz CT molecular complexity index is 1060. The second kappa shape index (κ2) is 10.8. The largest absolute Gasteiger partial charge is 0.493 e. The summed E-state index contributed by atoms with van der Waals surface area (Å²) in [7, 11) is 2.96. The summed E-state index contributed by atoms with van der Waals surface area (Å²) in [6.07, 6.45) is 1.90. The number of anilines is 1. The molecule has 0 aliphatic heterocycles. The normalized spacial score (nSPS) is 11.4. The van der Waals surface area contributed by atoms with Gasteiger partial charge in [0, 0.05) is 30.6 Å². The predicted octanol–water partition coefficient (Wildman–Crippen LogP) is 3.01. The summed E-state index contributed by atoms with van der Waals surface area (Å²) in [4.78, 5) is 16.4. The van der Waals surface area contributed by atoms with E-state index in [0.717, 1.165) is 23.9 Å². The first-order valence-corrected chi connectivity index (χ1v) is 9.16. The number of aryl methyl sites for hydroxylation is 1. The molecule has 0 fully saturated rings. The number of nitrogens with zero attached hydrogens (tertiary/aromatic N) is 1. The van der Waals surface area contributed by atoms with Crippen LogP contribution in [0, 0.1) is 29.8 Å². The van der Waals surface area contributed by atoms with E-state index in [1.165, 1.54) is 20.4 Å². The Morgan fingerprint density at radius 2 is 1.72 bits per heavy atom. The van der Waals surface area contributed by atoms with E-state index in [1.54, 1.807) is 19.1 Å². The van der Waals surface area contributed by atoms with Crippen LogP contribution in [0.25, 0.3) is 0 Å². The molecule has 0 saturated carbocycles. The Balaban J connectivity index is 2.20. The van der Waals surface area contributed by atoms with E-state index in [1.807, 2.05) is 0 Å².